The highest BCUT2D eigenvalue weighted by atomic mass is 79.9. The van der Waals surface area contributed by atoms with Gasteiger partial charge in [-0.2, -0.15) is 5.23 Å². The van der Waals surface area contributed by atoms with E-state index in [2.05, 4.69) is 15.9 Å². The summed E-state index contributed by atoms with van der Waals surface area (Å²) in [5.41, 5.74) is 1.35. The van der Waals surface area contributed by atoms with Gasteiger partial charge in [0.25, 0.3) is 0 Å². The van der Waals surface area contributed by atoms with Crippen LogP contribution in [0.2, 0.25) is 0 Å². The number of hydrogen-bond acceptors (Lipinski definition) is 7. The van der Waals surface area contributed by atoms with Gasteiger partial charge in [-0.25, -0.2) is 14.8 Å². The summed E-state index contributed by atoms with van der Waals surface area (Å²) in [6.45, 7) is 1.88. The molecule has 0 aliphatic carbocycles. The van der Waals surface area contributed by atoms with E-state index in [9.17, 15) is 14.8 Å². The van der Waals surface area contributed by atoms with Crippen molar-refractivity contribution in [3.63, 3.8) is 0 Å². The average Bonchev–Trinajstić information content (AvgIpc) is 3.18. The molecule has 9 heteroatoms. The Kier molecular flexibility index (Phi) is 6.57. The number of rotatable bonds is 6. The predicted octanol–water partition coefficient (Wildman–Crippen LogP) is 4.66. The number of quaternary nitrogens is 1. The van der Waals surface area contributed by atoms with E-state index in [4.69, 9.17) is 19.1 Å². The quantitative estimate of drug-likeness (QED) is 0.220. The van der Waals surface area contributed by atoms with E-state index < -0.39 is 17.2 Å². The molecular formula is C24H18BrNO7. The highest BCUT2D eigenvalue weighted by Crippen LogP contribution is 2.39. The molecule has 0 radical (unpaired) electrons. The number of benzene rings is 3. The van der Waals surface area contributed by atoms with Gasteiger partial charge in [-0.15, -0.1) is 0 Å². The van der Waals surface area contributed by atoms with E-state index in [0.29, 0.717) is 26.8 Å². The van der Waals surface area contributed by atoms with Crippen LogP contribution in [0.5, 0.6) is 5.75 Å². The Bertz CT molecular complexity index is 1330. The lowest BCUT2D eigenvalue weighted by Crippen LogP contribution is -2.99. The molecule has 1 heterocycles. The second-order valence-corrected chi connectivity index (χ2v) is 7.80. The molecule has 0 fully saturated rings. The fourth-order valence-corrected chi connectivity index (χ4v) is 3.72. The van der Waals surface area contributed by atoms with Crippen molar-refractivity contribution in [3.05, 3.63) is 87.5 Å². The first kappa shape index (κ1) is 22.7. The van der Waals surface area contributed by atoms with E-state index in [-0.39, 0.29) is 29.2 Å². The molecule has 2 N–H and O–H groups in total. The lowest BCUT2D eigenvalue weighted by Gasteiger charge is -2.12. The number of carbonyl (C=O) groups is 2. The highest BCUT2D eigenvalue weighted by molar-refractivity contribution is 9.10. The van der Waals surface area contributed by atoms with Gasteiger partial charge in [0.05, 0.1) is 16.6 Å². The zero-order chi connectivity index (χ0) is 23.5. The van der Waals surface area contributed by atoms with Gasteiger partial charge in [0.2, 0.25) is 0 Å². The maximum Gasteiger partial charge on any atom is 0.343 e. The third-order valence-electron chi connectivity index (χ3n) is 4.81. The SMILES string of the molecule is CCOC(=O)c1c(-c2ccccc2)oc2cc(Br)c(OC(=O)c3cccc([NH+]([O-])O)c3)cc12. The van der Waals surface area contributed by atoms with Crippen molar-refractivity contribution in [2.75, 3.05) is 6.61 Å². The van der Waals surface area contributed by atoms with Crippen molar-refractivity contribution in [2.24, 2.45) is 0 Å². The summed E-state index contributed by atoms with van der Waals surface area (Å²) in [5.74, 6) is -0.834. The minimum Gasteiger partial charge on any atom is -0.595 e. The standard InChI is InChI=1S/C24H18BrNO7/c1-2-31-24(28)21-17-12-20(33-23(27)15-9-6-10-16(11-15)26(29)30)18(25)13-19(17)32-22(21)14-7-4-3-5-8-14/h3-13,26,29H,2H2,1H3. The second kappa shape index (κ2) is 9.55. The Morgan fingerprint density at radius 3 is 2.52 bits per heavy atom. The molecule has 0 bridgehead atoms. The van der Waals surface area contributed by atoms with Crippen LogP contribution in [0, 0.1) is 5.21 Å². The van der Waals surface area contributed by atoms with E-state index in [1.807, 2.05) is 30.3 Å². The van der Waals surface area contributed by atoms with Gasteiger partial charge in [0.15, 0.2) is 5.69 Å². The Morgan fingerprint density at radius 1 is 1.06 bits per heavy atom. The Hall–Kier alpha value is -3.50. The normalized spacial score (nSPS) is 11.9. The lowest BCUT2D eigenvalue weighted by atomic mass is 10.1. The number of hydrogen-bond donors (Lipinski definition) is 2. The number of nitrogens with one attached hydrogen (secondary N) is 1. The molecule has 1 aromatic heterocycles. The molecule has 0 saturated heterocycles. The molecular weight excluding hydrogens is 494 g/mol. The molecule has 8 nitrogen and oxygen atoms in total. The van der Waals surface area contributed by atoms with Crippen molar-refractivity contribution >= 4 is 44.5 Å². The molecule has 0 aliphatic heterocycles. The van der Waals surface area contributed by atoms with Crippen LogP contribution in [0.1, 0.15) is 27.6 Å². The zero-order valence-electron chi connectivity index (χ0n) is 17.3. The molecule has 1 atom stereocenters. The highest BCUT2D eigenvalue weighted by Gasteiger charge is 2.25. The Labute approximate surface area is 196 Å². The fourth-order valence-electron chi connectivity index (χ4n) is 3.31. The molecule has 33 heavy (non-hydrogen) atoms. The zero-order valence-corrected chi connectivity index (χ0v) is 18.9. The number of esters is 2. The van der Waals surface area contributed by atoms with Crippen LogP contribution in [-0.4, -0.2) is 23.8 Å². The van der Waals surface area contributed by atoms with Crippen LogP contribution in [0.3, 0.4) is 0 Å². The fraction of sp³-hybridized carbons (Fsp3) is 0.0833. The minimum atomic E-state index is -1.15. The molecule has 0 amide bonds. The lowest BCUT2D eigenvalue weighted by molar-refractivity contribution is -0.991. The molecule has 3 aromatic carbocycles. The molecule has 0 saturated carbocycles. The van der Waals surface area contributed by atoms with Gasteiger partial charge in [-0.1, -0.05) is 36.4 Å². The van der Waals surface area contributed by atoms with Crippen LogP contribution < -0.4 is 9.96 Å². The van der Waals surface area contributed by atoms with E-state index in [0.717, 1.165) is 0 Å². The van der Waals surface area contributed by atoms with Gasteiger partial charge in [-0.3, -0.25) is 0 Å². The summed E-state index contributed by atoms with van der Waals surface area (Å²) in [7, 11) is 0. The van der Waals surface area contributed by atoms with Crippen molar-refractivity contribution in [1.82, 2.24) is 0 Å². The molecule has 1 unspecified atom stereocenters. The molecule has 4 rings (SSSR count). The van der Waals surface area contributed by atoms with Crippen molar-refractivity contribution < 1.29 is 33.9 Å². The monoisotopic (exact) mass is 511 g/mol. The summed E-state index contributed by atoms with van der Waals surface area (Å²) in [5, 5.41) is 19.6. The summed E-state index contributed by atoms with van der Waals surface area (Å²) in [4.78, 5) is 25.5. The van der Waals surface area contributed by atoms with Crippen LogP contribution in [0.4, 0.5) is 5.69 Å². The first-order chi connectivity index (χ1) is 15.9. The first-order valence-electron chi connectivity index (χ1n) is 9.93. The molecule has 4 aromatic rings. The van der Waals surface area contributed by atoms with Crippen LogP contribution in [0.25, 0.3) is 22.3 Å². The van der Waals surface area contributed by atoms with E-state index in [1.54, 1.807) is 13.0 Å². The number of carbonyl (C=O) groups excluding carboxylic acids is 2. The summed E-state index contributed by atoms with van der Waals surface area (Å²) >= 11 is 3.37. The molecule has 0 aliphatic rings. The van der Waals surface area contributed by atoms with Crippen molar-refractivity contribution in [1.29, 1.82) is 0 Å². The number of halogens is 1. The summed E-state index contributed by atoms with van der Waals surface area (Å²) in [6, 6.07) is 17.8. The minimum absolute atomic E-state index is 0.0362. The van der Waals surface area contributed by atoms with Gasteiger partial charge in [0.1, 0.15) is 22.7 Å². The van der Waals surface area contributed by atoms with Crippen molar-refractivity contribution in [3.8, 4) is 17.1 Å². The number of fused-ring (bicyclic) bond motifs is 1. The number of furan rings is 1. The smallest absolute Gasteiger partial charge is 0.343 e. The summed E-state index contributed by atoms with van der Waals surface area (Å²) < 4.78 is 17.2. The van der Waals surface area contributed by atoms with E-state index in [1.165, 1.54) is 30.3 Å². The summed E-state index contributed by atoms with van der Waals surface area (Å²) in [6.07, 6.45) is 0. The second-order valence-electron chi connectivity index (χ2n) is 6.95. The topological polar surface area (TPSA) is 113 Å². The maximum absolute atomic E-state index is 12.8. The first-order valence-corrected chi connectivity index (χ1v) is 10.7. The van der Waals surface area contributed by atoms with Crippen molar-refractivity contribution in [2.45, 2.75) is 6.92 Å². The molecule has 168 valence electrons. The van der Waals surface area contributed by atoms with Gasteiger partial charge < -0.3 is 19.1 Å². The average molecular weight is 512 g/mol. The Balaban J connectivity index is 1.78. The third-order valence-corrected chi connectivity index (χ3v) is 5.43. The third kappa shape index (κ3) is 4.67. The van der Waals surface area contributed by atoms with Gasteiger partial charge in [0, 0.05) is 23.1 Å². The van der Waals surface area contributed by atoms with E-state index >= 15 is 0 Å². The van der Waals surface area contributed by atoms with Gasteiger partial charge >= 0.3 is 11.9 Å². The number of ether oxygens (including phenoxy) is 2. The largest absolute Gasteiger partial charge is 0.595 e. The van der Waals surface area contributed by atoms with Gasteiger partial charge in [-0.05, 0) is 41.1 Å². The Morgan fingerprint density at radius 2 is 1.82 bits per heavy atom. The van der Waals surface area contributed by atoms with Crippen LogP contribution in [0.15, 0.2) is 75.6 Å². The van der Waals surface area contributed by atoms with Crippen LogP contribution >= 0.6 is 15.9 Å². The van der Waals surface area contributed by atoms with Crippen LogP contribution in [-0.2, 0) is 4.74 Å². The molecule has 0 spiro atoms. The predicted molar refractivity (Wildman–Crippen MR) is 122 cm³/mol. The maximum atomic E-state index is 12.8.